The van der Waals surface area contributed by atoms with Crippen LogP contribution in [0.2, 0.25) is 0 Å². The number of aromatic nitrogens is 4. The molecule has 0 radical (unpaired) electrons. The van der Waals surface area contributed by atoms with Crippen LogP contribution in [0.1, 0.15) is 24.9 Å². The summed E-state index contributed by atoms with van der Waals surface area (Å²) in [4.78, 5) is 4.07. The Bertz CT molecular complexity index is 656. The van der Waals surface area contributed by atoms with Crippen LogP contribution in [0.15, 0.2) is 61.4 Å². The molecule has 22 heavy (non-hydrogen) atoms. The molecule has 0 saturated carbocycles. The molecule has 1 atom stereocenters. The predicted octanol–water partition coefficient (Wildman–Crippen LogP) is 2.81. The highest BCUT2D eigenvalue weighted by molar-refractivity contribution is 5.35. The van der Waals surface area contributed by atoms with Crippen molar-refractivity contribution in [1.29, 1.82) is 0 Å². The molecule has 0 aliphatic carbocycles. The average Bonchev–Trinajstić information content (AvgIpc) is 3.25. The molecule has 3 aromatic rings. The third-order valence-corrected chi connectivity index (χ3v) is 3.77. The minimum atomic E-state index is 0.342. The number of nitrogens with zero attached hydrogens (tertiary/aromatic N) is 4. The summed E-state index contributed by atoms with van der Waals surface area (Å²) in [6, 6.07) is 10.9. The third-order valence-electron chi connectivity index (χ3n) is 3.77. The van der Waals surface area contributed by atoms with Gasteiger partial charge in [0.2, 0.25) is 0 Å². The van der Waals surface area contributed by atoms with Crippen LogP contribution in [0.5, 0.6) is 0 Å². The van der Waals surface area contributed by atoms with Crippen molar-refractivity contribution in [1.82, 2.24) is 24.6 Å². The number of hydrogen-bond acceptors (Lipinski definition) is 3. The van der Waals surface area contributed by atoms with Gasteiger partial charge < -0.3 is 9.88 Å². The van der Waals surface area contributed by atoms with E-state index in [-0.39, 0.29) is 0 Å². The molecule has 1 N–H and O–H groups in total. The van der Waals surface area contributed by atoms with Crippen molar-refractivity contribution < 1.29 is 0 Å². The minimum absolute atomic E-state index is 0.342. The monoisotopic (exact) mass is 295 g/mol. The standard InChI is InChI=1S/C17H21N5/c1-15(19-8-2-11-22-12-3-9-20-22)16-4-6-17(7-5-16)21-13-10-18-14-21/h3-7,9-10,12-15,19H,2,8,11H2,1H3/t15-/m0/s1. The quantitative estimate of drug-likeness (QED) is 0.682. The Balaban J connectivity index is 1.48. The van der Waals surface area contributed by atoms with Gasteiger partial charge in [0.15, 0.2) is 0 Å². The molecule has 5 nitrogen and oxygen atoms in total. The van der Waals surface area contributed by atoms with Gasteiger partial charge in [-0.05, 0) is 43.7 Å². The molecule has 0 aliphatic heterocycles. The van der Waals surface area contributed by atoms with E-state index in [0.717, 1.165) is 25.2 Å². The maximum absolute atomic E-state index is 4.21. The van der Waals surface area contributed by atoms with Crippen LogP contribution in [-0.2, 0) is 6.54 Å². The summed E-state index contributed by atoms with van der Waals surface area (Å²) >= 11 is 0. The third kappa shape index (κ3) is 3.62. The van der Waals surface area contributed by atoms with E-state index in [1.807, 2.05) is 40.2 Å². The van der Waals surface area contributed by atoms with Crippen LogP contribution in [0.25, 0.3) is 5.69 Å². The Morgan fingerprint density at radius 2 is 2.00 bits per heavy atom. The van der Waals surface area contributed by atoms with Crippen molar-refractivity contribution >= 4 is 0 Å². The van der Waals surface area contributed by atoms with E-state index in [2.05, 4.69) is 46.6 Å². The van der Waals surface area contributed by atoms with Gasteiger partial charge in [-0.1, -0.05) is 12.1 Å². The van der Waals surface area contributed by atoms with Crippen LogP contribution >= 0.6 is 0 Å². The maximum atomic E-state index is 4.21. The van der Waals surface area contributed by atoms with Crippen molar-refractivity contribution in [3.8, 4) is 5.69 Å². The highest BCUT2D eigenvalue weighted by atomic mass is 15.3. The maximum Gasteiger partial charge on any atom is 0.0991 e. The van der Waals surface area contributed by atoms with Gasteiger partial charge in [-0.15, -0.1) is 0 Å². The van der Waals surface area contributed by atoms with E-state index in [9.17, 15) is 0 Å². The molecule has 114 valence electrons. The van der Waals surface area contributed by atoms with E-state index < -0.39 is 0 Å². The van der Waals surface area contributed by atoms with Gasteiger partial charge in [0.1, 0.15) is 0 Å². The molecule has 2 aromatic heterocycles. The van der Waals surface area contributed by atoms with Crippen LogP contribution in [0.4, 0.5) is 0 Å². The molecule has 0 bridgehead atoms. The molecule has 0 fully saturated rings. The average molecular weight is 295 g/mol. The normalized spacial score (nSPS) is 12.4. The van der Waals surface area contributed by atoms with Crippen LogP contribution in [0.3, 0.4) is 0 Å². The summed E-state index contributed by atoms with van der Waals surface area (Å²) < 4.78 is 3.97. The summed E-state index contributed by atoms with van der Waals surface area (Å²) in [7, 11) is 0. The van der Waals surface area contributed by atoms with E-state index in [0.29, 0.717) is 6.04 Å². The summed E-state index contributed by atoms with van der Waals surface area (Å²) in [5, 5.41) is 7.76. The van der Waals surface area contributed by atoms with Gasteiger partial charge in [0, 0.05) is 43.1 Å². The molecular weight excluding hydrogens is 274 g/mol. The van der Waals surface area contributed by atoms with E-state index >= 15 is 0 Å². The molecule has 3 rings (SSSR count). The van der Waals surface area contributed by atoms with Crippen LogP contribution in [-0.4, -0.2) is 25.9 Å². The fourth-order valence-electron chi connectivity index (χ4n) is 2.46. The lowest BCUT2D eigenvalue weighted by Crippen LogP contribution is -2.21. The van der Waals surface area contributed by atoms with E-state index in [1.165, 1.54) is 5.56 Å². The number of hydrogen-bond donors (Lipinski definition) is 1. The second-order valence-corrected chi connectivity index (χ2v) is 5.36. The lowest BCUT2D eigenvalue weighted by molar-refractivity contribution is 0.507. The number of nitrogens with one attached hydrogen (secondary N) is 1. The molecule has 0 spiro atoms. The topological polar surface area (TPSA) is 47.7 Å². The fourth-order valence-corrected chi connectivity index (χ4v) is 2.46. The number of rotatable bonds is 7. The summed E-state index contributed by atoms with van der Waals surface area (Å²) in [6.45, 7) is 4.12. The van der Waals surface area contributed by atoms with Gasteiger partial charge in [0.05, 0.1) is 6.33 Å². The molecule has 5 heteroatoms. The van der Waals surface area contributed by atoms with Crippen LogP contribution < -0.4 is 5.32 Å². The molecule has 0 aliphatic rings. The van der Waals surface area contributed by atoms with Gasteiger partial charge >= 0.3 is 0 Å². The Morgan fingerprint density at radius 3 is 2.68 bits per heavy atom. The van der Waals surface area contributed by atoms with Crippen molar-refractivity contribution in [2.75, 3.05) is 6.54 Å². The lowest BCUT2D eigenvalue weighted by Gasteiger charge is -2.15. The number of benzene rings is 1. The Morgan fingerprint density at radius 1 is 1.14 bits per heavy atom. The van der Waals surface area contributed by atoms with Gasteiger partial charge in [0.25, 0.3) is 0 Å². The largest absolute Gasteiger partial charge is 0.310 e. The first-order chi connectivity index (χ1) is 10.8. The first-order valence-corrected chi connectivity index (χ1v) is 7.62. The smallest absolute Gasteiger partial charge is 0.0991 e. The van der Waals surface area contributed by atoms with Crippen LogP contribution in [0, 0.1) is 0 Å². The van der Waals surface area contributed by atoms with Gasteiger partial charge in [-0.3, -0.25) is 4.68 Å². The van der Waals surface area contributed by atoms with E-state index in [1.54, 1.807) is 6.20 Å². The zero-order valence-corrected chi connectivity index (χ0v) is 12.8. The Kier molecular flexibility index (Phi) is 4.65. The number of imidazole rings is 1. The number of aryl methyl sites for hydroxylation is 1. The van der Waals surface area contributed by atoms with Crippen molar-refractivity contribution in [2.24, 2.45) is 0 Å². The highest BCUT2D eigenvalue weighted by Gasteiger charge is 2.05. The zero-order valence-electron chi connectivity index (χ0n) is 12.8. The van der Waals surface area contributed by atoms with Gasteiger partial charge in [-0.2, -0.15) is 5.10 Å². The molecule has 0 amide bonds. The summed E-state index contributed by atoms with van der Waals surface area (Å²) in [5.41, 5.74) is 2.43. The van der Waals surface area contributed by atoms with Crippen molar-refractivity contribution in [3.63, 3.8) is 0 Å². The molecule has 0 saturated heterocycles. The predicted molar refractivity (Wildman–Crippen MR) is 86.8 cm³/mol. The zero-order chi connectivity index (χ0) is 15.2. The fraction of sp³-hybridized carbons (Fsp3) is 0.294. The van der Waals surface area contributed by atoms with Crippen molar-refractivity contribution in [2.45, 2.75) is 25.9 Å². The van der Waals surface area contributed by atoms with E-state index in [4.69, 9.17) is 0 Å². The SMILES string of the molecule is C[C@H](NCCCn1cccn1)c1ccc(-n2ccnc2)cc1. The molecule has 2 heterocycles. The van der Waals surface area contributed by atoms with Crippen molar-refractivity contribution in [3.05, 3.63) is 67.0 Å². The summed E-state index contributed by atoms with van der Waals surface area (Å²) in [5.74, 6) is 0. The Labute approximate surface area is 130 Å². The Hall–Kier alpha value is -2.40. The molecule has 1 aromatic carbocycles. The first kappa shape index (κ1) is 14.5. The highest BCUT2D eigenvalue weighted by Crippen LogP contribution is 2.15. The lowest BCUT2D eigenvalue weighted by atomic mass is 10.1. The molecule has 0 unspecified atom stereocenters. The minimum Gasteiger partial charge on any atom is -0.310 e. The molecular formula is C17H21N5. The second-order valence-electron chi connectivity index (χ2n) is 5.36. The first-order valence-electron chi connectivity index (χ1n) is 7.62. The second kappa shape index (κ2) is 7.04. The van der Waals surface area contributed by atoms with Gasteiger partial charge in [-0.25, -0.2) is 4.98 Å². The summed E-state index contributed by atoms with van der Waals surface area (Å²) in [6.07, 6.45) is 10.4.